The number of rotatable bonds is 9. The summed E-state index contributed by atoms with van der Waals surface area (Å²) in [6.07, 6.45) is 8.08. The third-order valence-electron chi connectivity index (χ3n) is 9.43. The highest BCUT2D eigenvalue weighted by atomic mass is 35.5. The van der Waals surface area contributed by atoms with E-state index >= 15 is 0 Å². The van der Waals surface area contributed by atoms with Crippen LogP contribution in [-0.4, -0.2) is 70.9 Å². The lowest BCUT2D eigenvalue weighted by Crippen LogP contribution is -2.46. The fraction of sp³-hybridized carbons (Fsp3) is 0.361. The molecule has 2 saturated heterocycles. The maximum absolute atomic E-state index is 6.71. The van der Waals surface area contributed by atoms with E-state index in [1.165, 1.54) is 70.7 Å². The number of methoxy groups -OCH3 is 2. The van der Waals surface area contributed by atoms with Crippen molar-refractivity contribution in [1.82, 2.24) is 24.4 Å². The molecular formula is C36H40Cl2N8O2. The Kier molecular flexibility index (Phi) is 9.48. The molecule has 0 atom stereocenters. The number of likely N-dealkylation sites (tertiary alicyclic amines) is 1. The number of para-hydroxylation sites is 2. The van der Waals surface area contributed by atoms with Gasteiger partial charge in [0.05, 0.1) is 30.9 Å². The molecule has 2 aliphatic rings. The molecule has 3 aromatic carbocycles. The van der Waals surface area contributed by atoms with E-state index in [0.717, 1.165) is 35.9 Å². The lowest BCUT2D eigenvalue weighted by atomic mass is 9.99. The molecule has 12 heteroatoms. The van der Waals surface area contributed by atoms with E-state index in [-0.39, 0.29) is 0 Å². The van der Waals surface area contributed by atoms with Gasteiger partial charge in [0, 0.05) is 42.6 Å². The normalized spacial score (nSPS) is 15.9. The number of benzene rings is 3. The number of imidazole rings is 1. The second-order valence-corrected chi connectivity index (χ2v) is 13.1. The number of aryl methyl sites for hydroxylation is 1. The first kappa shape index (κ1) is 32.3. The molecule has 48 heavy (non-hydrogen) atoms. The number of fused-ring (bicyclic) bond motifs is 1. The van der Waals surface area contributed by atoms with Gasteiger partial charge in [-0.2, -0.15) is 0 Å². The highest BCUT2D eigenvalue weighted by Gasteiger charge is 2.26. The van der Waals surface area contributed by atoms with Crippen molar-refractivity contribution < 1.29 is 9.47 Å². The van der Waals surface area contributed by atoms with Gasteiger partial charge in [0.1, 0.15) is 39.5 Å². The van der Waals surface area contributed by atoms with Gasteiger partial charge in [0.15, 0.2) is 0 Å². The number of hydrogen-bond donors (Lipinski definition) is 2. The standard InChI is InChI=1S/C36H40Cl2N8O2/c1-23-19-24(11-12-27(23)45-17-13-25(14-18-45)44-15-7-4-8-16-44)41-31-21-32(40-22-39-31)46-28-10-6-5-9-26(28)42-36(46)43-35-33(37)29(47-2)20-30(48-3)34(35)38/h5-6,9-12,19-22,25H,4,7-8,13-18H2,1-3H3,(H,42,43)(H,39,40,41). The number of nitrogens with zero attached hydrogens (tertiary/aromatic N) is 6. The Labute approximate surface area is 291 Å². The van der Waals surface area contributed by atoms with Crippen molar-refractivity contribution >= 4 is 63.1 Å². The van der Waals surface area contributed by atoms with Crippen molar-refractivity contribution in [2.24, 2.45) is 0 Å². The van der Waals surface area contributed by atoms with Crippen molar-refractivity contribution in [1.29, 1.82) is 0 Å². The number of hydrogen-bond acceptors (Lipinski definition) is 9. The Morgan fingerprint density at radius 1 is 0.812 bits per heavy atom. The second kappa shape index (κ2) is 14.1. The summed E-state index contributed by atoms with van der Waals surface area (Å²) >= 11 is 13.4. The van der Waals surface area contributed by atoms with Crippen LogP contribution in [0.25, 0.3) is 16.9 Å². The molecule has 0 unspecified atom stereocenters. The quantitative estimate of drug-likeness (QED) is 0.159. The van der Waals surface area contributed by atoms with Crippen LogP contribution in [0.15, 0.2) is 60.9 Å². The van der Waals surface area contributed by atoms with Crippen LogP contribution in [0.1, 0.15) is 37.7 Å². The molecule has 0 amide bonds. The SMILES string of the molecule is COc1cc(OC)c(Cl)c(Nc2nc3ccccc3n2-c2cc(Nc3ccc(N4CCC(N5CCCCC5)CC4)c(C)c3)ncn2)c1Cl. The zero-order chi connectivity index (χ0) is 33.2. The van der Waals surface area contributed by atoms with Crippen molar-refractivity contribution in [3.63, 3.8) is 0 Å². The summed E-state index contributed by atoms with van der Waals surface area (Å²) in [7, 11) is 3.08. The zero-order valence-electron chi connectivity index (χ0n) is 27.5. The van der Waals surface area contributed by atoms with Gasteiger partial charge in [-0.15, -0.1) is 0 Å². The third kappa shape index (κ3) is 6.44. The van der Waals surface area contributed by atoms with Crippen LogP contribution in [0.2, 0.25) is 10.0 Å². The predicted octanol–water partition coefficient (Wildman–Crippen LogP) is 8.39. The Morgan fingerprint density at radius 2 is 1.54 bits per heavy atom. The average Bonchev–Trinajstić information content (AvgIpc) is 3.49. The van der Waals surface area contributed by atoms with E-state index in [0.29, 0.717) is 44.8 Å². The Balaban J connectivity index is 1.13. The van der Waals surface area contributed by atoms with E-state index in [2.05, 4.69) is 55.5 Å². The number of anilines is 5. The van der Waals surface area contributed by atoms with Gasteiger partial charge >= 0.3 is 0 Å². The zero-order valence-corrected chi connectivity index (χ0v) is 29.0. The first-order valence-corrected chi connectivity index (χ1v) is 17.2. The fourth-order valence-electron chi connectivity index (χ4n) is 6.98. The second-order valence-electron chi connectivity index (χ2n) is 12.4. The highest BCUT2D eigenvalue weighted by molar-refractivity contribution is 6.41. The Morgan fingerprint density at radius 3 is 2.25 bits per heavy atom. The third-order valence-corrected chi connectivity index (χ3v) is 10.2. The van der Waals surface area contributed by atoms with E-state index in [4.69, 9.17) is 37.7 Å². The van der Waals surface area contributed by atoms with E-state index < -0.39 is 0 Å². The van der Waals surface area contributed by atoms with Gasteiger partial charge in [0.2, 0.25) is 5.95 Å². The Hall–Kier alpha value is -4.25. The van der Waals surface area contributed by atoms with Crippen molar-refractivity contribution in [2.45, 2.75) is 45.1 Å². The maximum atomic E-state index is 6.71. The molecule has 10 nitrogen and oxygen atoms in total. The van der Waals surface area contributed by atoms with Crippen molar-refractivity contribution in [3.05, 3.63) is 76.5 Å². The van der Waals surface area contributed by atoms with Crippen LogP contribution in [0.3, 0.4) is 0 Å². The summed E-state index contributed by atoms with van der Waals surface area (Å²) in [4.78, 5) is 19.3. The smallest absolute Gasteiger partial charge is 0.214 e. The molecule has 5 aromatic rings. The van der Waals surface area contributed by atoms with Gasteiger partial charge in [-0.3, -0.25) is 4.57 Å². The van der Waals surface area contributed by atoms with E-state index in [1.807, 2.05) is 34.9 Å². The first-order valence-electron chi connectivity index (χ1n) is 16.5. The molecule has 250 valence electrons. The predicted molar refractivity (Wildman–Crippen MR) is 195 cm³/mol. The number of halogens is 2. The van der Waals surface area contributed by atoms with Crippen LogP contribution in [0, 0.1) is 6.92 Å². The number of piperidine rings is 2. The molecule has 0 bridgehead atoms. The first-order chi connectivity index (χ1) is 23.4. The van der Waals surface area contributed by atoms with Gasteiger partial charge in [0.25, 0.3) is 0 Å². The van der Waals surface area contributed by atoms with Crippen molar-refractivity contribution in [2.75, 3.05) is 55.9 Å². The lowest BCUT2D eigenvalue weighted by molar-refractivity contribution is 0.141. The minimum Gasteiger partial charge on any atom is -0.495 e. The molecule has 2 aliphatic heterocycles. The average molecular weight is 688 g/mol. The summed E-state index contributed by atoms with van der Waals surface area (Å²) in [6, 6.07) is 18.6. The van der Waals surface area contributed by atoms with Crippen LogP contribution < -0.4 is 25.0 Å². The monoisotopic (exact) mass is 686 g/mol. The molecule has 0 spiro atoms. The lowest BCUT2D eigenvalue weighted by Gasteiger charge is -2.41. The van der Waals surface area contributed by atoms with Gasteiger partial charge < -0.3 is 29.9 Å². The number of nitrogens with one attached hydrogen (secondary N) is 2. The summed E-state index contributed by atoms with van der Waals surface area (Å²) in [6.45, 7) is 6.91. The molecule has 2 N–H and O–H groups in total. The summed E-state index contributed by atoms with van der Waals surface area (Å²) in [5.74, 6) is 2.55. The molecular weight excluding hydrogens is 647 g/mol. The van der Waals surface area contributed by atoms with Crippen LogP contribution in [0.5, 0.6) is 11.5 Å². The summed E-state index contributed by atoms with van der Waals surface area (Å²) in [5.41, 5.74) is 5.51. The molecule has 0 aliphatic carbocycles. The van der Waals surface area contributed by atoms with Gasteiger partial charge in [-0.25, -0.2) is 15.0 Å². The molecule has 0 saturated carbocycles. The van der Waals surface area contributed by atoms with E-state index in [9.17, 15) is 0 Å². The minimum absolute atomic E-state index is 0.303. The largest absolute Gasteiger partial charge is 0.495 e. The molecule has 0 radical (unpaired) electrons. The topological polar surface area (TPSA) is 92.6 Å². The maximum Gasteiger partial charge on any atom is 0.214 e. The molecule has 2 aromatic heterocycles. The molecule has 7 rings (SSSR count). The molecule has 2 fully saturated rings. The summed E-state index contributed by atoms with van der Waals surface area (Å²) < 4.78 is 12.9. The number of aromatic nitrogens is 4. The fourth-order valence-corrected chi connectivity index (χ4v) is 7.57. The highest BCUT2D eigenvalue weighted by Crippen LogP contribution is 2.45. The van der Waals surface area contributed by atoms with Crippen molar-refractivity contribution in [3.8, 4) is 17.3 Å². The molecule has 4 heterocycles. The van der Waals surface area contributed by atoms with Gasteiger partial charge in [-0.1, -0.05) is 41.8 Å². The van der Waals surface area contributed by atoms with Crippen LogP contribution >= 0.6 is 23.2 Å². The Bertz CT molecular complexity index is 1890. The minimum atomic E-state index is 0.303. The van der Waals surface area contributed by atoms with Crippen LogP contribution in [-0.2, 0) is 0 Å². The van der Waals surface area contributed by atoms with Gasteiger partial charge in [-0.05, 0) is 81.6 Å². The number of ether oxygens (including phenoxy) is 2. The summed E-state index contributed by atoms with van der Waals surface area (Å²) in [5, 5.41) is 7.41. The van der Waals surface area contributed by atoms with E-state index in [1.54, 1.807) is 12.4 Å². The van der Waals surface area contributed by atoms with Crippen LogP contribution in [0.4, 0.5) is 28.8 Å².